The fraction of sp³-hybridized carbons (Fsp3) is 0.211. The number of thiazole rings is 1. The summed E-state index contributed by atoms with van der Waals surface area (Å²) in [6.45, 7) is 1.83. The van der Waals surface area contributed by atoms with Gasteiger partial charge >= 0.3 is 0 Å². The lowest BCUT2D eigenvalue weighted by atomic mass is 10.2. The SMILES string of the molecule is COc1ccc(OC)c(/C=N\NC(=O)C(C)Sc2nc3ccccc3s2)c1. The molecule has 0 aliphatic rings. The number of nitrogens with zero attached hydrogens (tertiary/aromatic N) is 2. The molecule has 0 aliphatic heterocycles. The van der Waals surface area contributed by atoms with E-state index in [1.165, 1.54) is 18.0 Å². The zero-order valence-electron chi connectivity index (χ0n) is 15.1. The van der Waals surface area contributed by atoms with E-state index >= 15 is 0 Å². The number of rotatable bonds is 7. The number of thioether (sulfide) groups is 1. The van der Waals surface area contributed by atoms with Crippen LogP contribution in [0.25, 0.3) is 10.2 Å². The zero-order chi connectivity index (χ0) is 19.2. The number of hydrogen-bond donors (Lipinski definition) is 1. The quantitative estimate of drug-likeness (QED) is 0.369. The molecule has 1 aromatic heterocycles. The number of methoxy groups -OCH3 is 2. The maximum atomic E-state index is 12.3. The number of benzene rings is 2. The first-order valence-electron chi connectivity index (χ1n) is 8.18. The lowest BCUT2D eigenvalue weighted by Gasteiger charge is -2.08. The van der Waals surface area contributed by atoms with Gasteiger partial charge in [-0.3, -0.25) is 4.79 Å². The molecule has 1 heterocycles. The number of ether oxygens (including phenoxy) is 2. The van der Waals surface area contributed by atoms with Gasteiger partial charge in [-0.05, 0) is 37.3 Å². The second kappa shape index (κ2) is 8.88. The highest BCUT2D eigenvalue weighted by Gasteiger charge is 2.16. The Hall–Kier alpha value is -2.58. The molecule has 1 atom stereocenters. The third kappa shape index (κ3) is 4.78. The number of nitrogens with one attached hydrogen (secondary N) is 1. The van der Waals surface area contributed by atoms with Crippen molar-refractivity contribution in [3.05, 3.63) is 48.0 Å². The van der Waals surface area contributed by atoms with Gasteiger partial charge in [-0.25, -0.2) is 10.4 Å². The average Bonchev–Trinajstić information content (AvgIpc) is 3.09. The van der Waals surface area contributed by atoms with Crippen molar-refractivity contribution in [1.82, 2.24) is 10.4 Å². The predicted octanol–water partition coefficient (Wildman–Crippen LogP) is 3.94. The zero-order valence-corrected chi connectivity index (χ0v) is 16.8. The van der Waals surface area contributed by atoms with Gasteiger partial charge in [-0.2, -0.15) is 5.10 Å². The lowest BCUT2D eigenvalue weighted by molar-refractivity contribution is -0.120. The summed E-state index contributed by atoms with van der Waals surface area (Å²) < 4.78 is 12.5. The third-order valence-electron chi connectivity index (χ3n) is 3.74. The van der Waals surface area contributed by atoms with Gasteiger partial charge in [0.25, 0.3) is 5.91 Å². The highest BCUT2D eigenvalue weighted by atomic mass is 32.2. The molecule has 27 heavy (non-hydrogen) atoms. The van der Waals surface area contributed by atoms with E-state index in [-0.39, 0.29) is 11.2 Å². The molecule has 0 aliphatic carbocycles. The molecule has 1 unspecified atom stereocenters. The topological polar surface area (TPSA) is 72.8 Å². The van der Waals surface area contributed by atoms with Crippen LogP contribution in [0.1, 0.15) is 12.5 Å². The summed E-state index contributed by atoms with van der Waals surface area (Å²) in [6, 6.07) is 13.3. The molecule has 2 aromatic carbocycles. The number of aromatic nitrogens is 1. The monoisotopic (exact) mass is 401 g/mol. The Bertz CT molecular complexity index is 939. The standard InChI is InChI=1S/C19H19N3O3S2/c1-12(26-19-21-15-6-4-5-7-17(15)27-19)18(23)22-20-11-13-10-14(24-2)8-9-16(13)25-3/h4-12H,1-3H3,(H,22,23)/b20-11-. The van der Waals surface area contributed by atoms with Crippen LogP contribution in [0.15, 0.2) is 51.9 Å². The van der Waals surface area contributed by atoms with Crippen LogP contribution in [-0.2, 0) is 4.79 Å². The van der Waals surface area contributed by atoms with Crippen molar-refractivity contribution in [3.8, 4) is 11.5 Å². The summed E-state index contributed by atoms with van der Waals surface area (Å²) in [6.07, 6.45) is 1.54. The summed E-state index contributed by atoms with van der Waals surface area (Å²) in [7, 11) is 3.17. The maximum absolute atomic E-state index is 12.3. The van der Waals surface area contributed by atoms with E-state index in [1.54, 1.807) is 43.8 Å². The molecule has 0 saturated heterocycles. The number of hydrogen-bond acceptors (Lipinski definition) is 7. The van der Waals surface area contributed by atoms with Crippen molar-refractivity contribution < 1.29 is 14.3 Å². The van der Waals surface area contributed by atoms with Crippen LogP contribution in [0.5, 0.6) is 11.5 Å². The first kappa shape index (κ1) is 19.2. The summed E-state index contributed by atoms with van der Waals surface area (Å²) in [5.74, 6) is 1.13. The second-order valence-electron chi connectivity index (χ2n) is 5.55. The Morgan fingerprint density at radius 3 is 2.81 bits per heavy atom. The molecule has 0 bridgehead atoms. The average molecular weight is 402 g/mol. The van der Waals surface area contributed by atoms with Crippen LogP contribution in [0.4, 0.5) is 0 Å². The van der Waals surface area contributed by atoms with Crippen LogP contribution < -0.4 is 14.9 Å². The predicted molar refractivity (Wildman–Crippen MR) is 110 cm³/mol. The van der Waals surface area contributed by atoms with Gasteiger partial charge in [-0.1, -0.05) is 23.9 Å². The number of fused-ring (bicyclic) bond motifs is 1. The van der Waals surface area contributed by atoms with E-state index in [9.17, 15) is 4.79 Å². The van der Waals surface area contributed by atoms with Crippen molar-refractivity contribution in [3.63, 3.8) is 0 Å². The smallest absolute Gasteiger partial charge is 0.253 e. The third-order valence-corrected chi connectivity index (χ3v) is 5.97. The van der Waals surface area contributed by atoms with E-state index in [4.69, 9.17) is 9.47 Å². The van der Waals surface area contributed by atoms with Crippen molar-refractivity contribution >= 4 is 45.4 Å². The number of carbonyl (C=O) groups excluding carboxylic acids is 1. The van der Waals surface area contributed by atoms with E-state index < -0.39 is 0 Å². The van der Waals surface area contributed by atoms with Gasteiger partial charge < -0.3 is 9.47 Å². The molecular formula is C19H19N3O3S2. The second-order valence-corrected chi connectivity index (χ2v) is 8.17. The van der Waals surface area contributed by atoms with Gasteiger partial charge in [0.05, 0.1) is 35.9 Å². The van der Waals surface area contributed by atoms with E-state index in [2.05, 4.69) is 15.5 Å². The largest absolute Gasteiger partial charge is 0.497 e. The maximum Gasteiger partial charge on any atom is 0.253 e. The molecule has 1 amide bonds. The minimum absolute atomic E-state index is 0.197. The molecular weight excluding hydrogens is 382 g/mol. The van der Waals surface area contributed by atoms with Crippen LogP contribution in [-0.4, -0.2) is 36.6 Å². The van der Waals surface area contributed by atoms with Gasteiger partial charge in [0, 0.05) is 5.56 Å². The molecule has 3 aromatic rings. The normalized spacial score (nSPS) is 12.3. The van der Waals surface area contributed by atoms with E-state index in [0.717, 1.165) is 14.6 Å². The molecule has 0 radical (unpaired) electrons. The highest BCUT2D eigenvalue weighted by molar-refractivity contribution is 8.02. The molecule has 0 saturated carbocycles. The summed E-state index contributed by atoms with van der Waals surface area (Å²) in [5, 5.41) is 3.72. The van der Waals surface area contributed by atoms with Gasteiger partial charge in [-0.15, -0.1) is 11.3 Å². The van der Waals surface area contributed by atoms with Crippen LogP contribution >= 0.6 is 23.1 Å². The Morgan fingerprint density at radius 1 is 1.26 bits per heavy atom. The fourth-order valence-corrected chi connectivity index (χ4v) is 4.51. The van der Waals surface area contributed by atoms with Crippen molar-refractivity contribution in [2.75, 3.05) is 14.2 Å². The Morgan fingerprint density at radius 2 is 2.07 bits per heavy atom. The number of para-hydroxylation sites is 1. The summed E-state index contributed by atoms with van der Waals surface area (Å²) in [4.78, 5) is 16.8. The summed E-state index contributed by atoms with van der Waals surface area (Å²) >= 11 is 2.99. The lowest BCUT2D eigenvalue weighted by Crippen LogP contribution is -2.26. The molecule has 0 fully saturated rings. The van der Waals surface area contributed by atoms with Crippen molar-refractivity contribution in [1.29, 1.82) is 0 Å². The Balaban J connectivity index is 1.62. The minimum atomic E-state index is -0.324. The molecule has 6 nitrogen and oxygen atoms in total. The van der Waals surface area contributed by atoms with Gasteiger partial charge in [0.15, 0.2) is 4.34 Å². The molecule has 1 N–H and O–H groups in total. The highest BCUT2D eigenvalue weighted by Crippen LogP contribution is 2.31. The van der Waals surface area contributed by atoms with E-state index in [1.807, 2.05) is 31.2 Å². The minimum Gasteiger partial charge on any atom is -0.497 e. The fourth-order valence-electron chi connectivity index (χ4n) is 2.30. The molecule has 3 rings (SSSR count). The van der Waals surface area contributed by atoms with Crippen molar-refractivity contribution in [2.24, 2.45) is 5.10 Å². The molecule has 140 valence electrons. The number of amides is 1. The van der Waals surface area contributed by atoms with Crippen LogP contribution in [0.2, 0.25) is 0 Å². The van der Waals surface area contributed by atoms with Crippen LogP contribution in [0, 0.1) is 0 Å². The Labute approximate surface area is 165 Å². The molecule has 8 heteroatoms. The van der Waals surface area contributed by atoms with Crippen molar-refractivity contribution in [2.45, 2.75) is 16.5 Å². The van der Waals surface area contributed by atoms with Gasteiger partial charge in [0.1, 0.15) is 11.5 Å². The summed E-state index contributed by atoms with van der Waals surface area (Å²) in [5.41, 5.74) is 4.22. The first-order valence-corrected chi connectivity index (χ1v) is 9.87. The first-order chi connectivity index (χ1) is 13.1. The van der Waals surface area contributed by atoms with E-state index in [0.29, 0.717) is 17.1 Å². The number of carbonyl (C=O) groups is 1. The Kier molecular flexibility index (Phi) is 6.31. The number of hydrazone groups is 1. The molecule has 0 spiro atoms. The van der Waals surface area contributed by atoms with Gasteiger partial charge in [0.2, 0.25) is 0 Å². The van der Waals surface area contributed by atoms with Crippen LogP contribution in [0.3, 0.4) is 0 Å².